The number of aromatic nitrogens is 3. The average molecular weight is 314 g/mol. The van der Waals surface area contributed by atoms with E-state index >= 15 is 0 Å². The summed E-state index contributed by atoms with van der Waals surface area (Å²) in [5, 5.41) is 13.3. The number of hydrogen-bond acceptors (Lipinski definition) is 4. The zero-order chi connectivity index (χ0) is 16.6. The monoisotopic (exact) mass is 314 g/mol. The summed E-state index contributed by atoms with van der Waals surface area (Å²) in [5.74, 6) is 0.0447. The fraction of sp³-hybridized carbons (Fsp3) is 0.375. The van der Waals surface area contributed by atoms with E-state index in [1.54, 1.807) is 21.7 Å². The number of aryl methyl sites for hydroxylation is 2. The summed E-state index contributed by atoms with van der Waals surface area (Å²) in [6.07, 6.45) is 0.511. The highest BCUT2D eigenvalue weighted by Crippen LogP contribution is 2.20. The van der Waals surface area contributed by atoms with E-state index in [1.165, 1.54) is 0 Å². The average Bonchev–Trinajstić information content (AvgIpc) is 3.13. The number of likely N-dealkylation sites (tertiary alicyclic amines) is 1. The number of hydrogen-bond donors (Lipinski definition) is 1. The van der Waals surface area contributed by atoms with Crippen molar-refractivity contribution in [3.8, 4) is 5.69 Å². The minimum Gasteiger partial charge on any atom is -0.481 e. The molecule has 1 atom stereocenters. The van der Waals surface area contributed by atoms with Crippen LogP contribution in [-0.4, -0.2) is 49.7 Å². The van der Waals surface area contributed by atoms with Gasteiger partial charge in [0.25, 0.3) is 5.91 Å². The quantitative estimate of drug-likeness (QED) is 0.926. The molecule has 0 radical (unpaired) electrons. The van der Waals surface area contributed by atoms with Gasteiger partial charge in [0.05, 0.1) is 11.6 Å². The molecule has 1 aliphatic heterocycles. The first-order chi connectivity index (χ1) is 11.0. The molecule has 1 aromatic carbocycles. The molecular weight excluding hydrogens is 296 g/mol. The van der Waals surface area contributed by atoms with Crippen LogP contribution in [0, 0.1) is 19.8 Å². The summed E-state index contributed by atoms with van der Waals surface area (Å²) in [4.78, 5) is 29.3. The van der Waals surface area contributed by atoms with Gasteiger partial charge in [-0.05, 0) is 44.5 Å². The van der Waals surface area contributed by atoms with Crippen molar-refractivity contribution in [2.45, 2.75) is 20.3 Å². The zero-order valence-corrected chi connectivity index (χ0v) is 13.1. The van der Waals surface area contributed by atoms with Gasteiger partial charge in [-0.1, -0.05) is 0 Å². The second-order valence-corrected chi connectivity index (χ2v) is 5.74. The molecule has 1 saturated heterocycles. The van der Waals surface area contributed by atoms with Gasteiger partial charge in [0.15, 0.2) is 0 Å². The summed E-state index contributed by atoms with van der Waals surface area (Å²) in [5.41, 5.74) is 1.39. The number of carbonyl (C=O) groups is 2. The van der Waals surface area contributed by atoms with Crippen LogP contribution in [0.3, 0.4) is 0 Å². The van der Waals surface area contributed by atoms with Gasteiger partial charge in [-0.15, -0.1) is 0 Å². The summed E-state index contributed by atoms with van der Waals surface area (Å²) in [7, 11) is 0. The van der Waals surface area contributed by atoms with Crippen LogP contribution in [0.5, 0.6) is 0 Å². The van der Waals surface area contributed by atoms with Crippen molar-refractivity contribution in [2.24, 2.45) is 5.92 Å². The van der Waals surface area contributed by atoms with Gasteiger partial charge in [-0.3, -0.25) is 9.59 Å². The molecule has 23 heavy (non-hydrogen) atoms. The zero-order valence-electron chi connectivity index (χ0n) is 13.1. The maximum absolute atomic E-state index is 12.4. The molecule has 1 aliphatic rings. The number of carboxylic acids is 1. The van der Waals surface area contributed by atoms with Crippen LogP contribution in [0.1, 0.15) is 28.4 Å². The highest BCUT2D eigenvalue weighted by molar-refractivity contribution is 5.95. The molecule has 7 heteroatoms. The van der Waals surface area contributed by atoms with Gasteiger partial charge in [0, 0.05) is 18.7 Å². The standard InChI is InChI=1S/C16H18N4O3/c1-10-17-11(2)20(18-10)14-5-3-12(4-6-14)15(21)19-8-7-13(9-19)16(22)23/h3-6,13H,7-9H2,1-2H3,(H,22,23)/t13-/m1/s1. The van der Waals surface area contributed by atoms with Crippen LogP contribution in [-0.2, 0) is 4.79 Å². The lowest BCUT2D eigenvalue weighted by Crippen LogP contribution is -2.29. The molecule has 120 valence electrons. The third kappa shape index (κ3) is 2.94. The Morgan fingerprint density at radius 2 is 1.91 bits per heavy atom. The van der Waals surface area contributed by atoms with Crippen molar-refractivity contribution in [2.75, 3.05) is 13.1 Å². The van der Waals surface area contributed by atoms with Crippen molar-refractivity contribution in [1.82, 2.24) is 19.7 Å². The number of benzene rings is 1. The topological polar surface area (TPSA) is 88.3 Å². The number of aliphatic carboxylic acids is 1. The maximum atomic E-state index is 12.4. The molecule has 1 aromatic heterocycles. The normalized spacial score (nSPS) is 17.5. The number of rotatable bonds is 3. The largest absolute Gasteiger partial charge is 0.481 e. The van der Waals surface area contributed by atoms with Crippen molar-refractivity contribution < 1.29 is 14.7 Å². The molecule has 2 heterocycles. The third-order valence-corrected chi connectivity index (χ3v) is 4.06. The van der Waals surface area contributed by atoms with Gasteiger partial charge in [0.2, 0.25) is 0 Å². The van der Waals surface area contributed by atoms with Crippen LogP contribution in [0.15, 0.2) is 24.3 Å². The van der Waals surface area contributed by atoms with E-state index < -0.39 is 11.9 Å². The Balaban J connectivity index is 1.76. The molecule has 0 unspecified atom stereocenters. The van der Waals surface area contributed by atoms with E-state index in [9.17, 15) is 9.59 Å². The van der Waals surface area contributed by atoms with E-state index in [4.69, 9.17) is 5.11 Å². The maximum Gasteiger partial charge on any atom is 0.308 e. The lowest BCUT2D eigenvalue weighted by atomic mass is 10.1. The first-order valence-electron chi connectivity index (χ1n) is 7.48. The fourth-order valence-corrected chi connectivity index (χ4v) is 2.84. The predicted molar refractivity (Wildman–Crippen MR) is 82.5 cm³/mol. The molecule has 2 aromatic rings. The van der Waals surface area contributed by atoms with Crippen LogP contribution < -0.4 is 0 Å². The number of amides is 1. The van der Waals surface area contributed by atoms with Crippen molar-refractivity contribution in [3.05, 3.63) is 41.5 Å². The molecule has 1 fully saturated rings. The Hall–Kier alpha value is -2.70. The van der Waals surface area contributed by atoms with E-state index in [0.29, 0.717) is 24.4 Å². The number of carbonyl (C=O) groups excluding carboxylic acids is 1. The van der Waals surface area contributed by atoms with Crippen molar-refractivity contribution in [1.29, 1.82) is 0 Å². The smallest absolute Gasteiger partial charge is 0.308 e. The molecular formula is C16H18N4O3. The fourth-order valence-electron chi connectivity index (χ4n) is 2.84. The van der Waals surface area contributed by atoms with Gasteiger partial charge in [-0.2, -0.15) is 5.10 Å². The number of carboxylic acid groups (broad SMARTS) is 1. The highest BCUT2D eigenvalue weighted by Gasteiger charge is 2.31. The van der Waals surface area contributed by atoms with Crippen LogP contribution in [0.4, 0.5) is 0 Å². The minimum atomic E-state index is -0.840. The van der Waals surface area contributed by atoms with E-state index in [2.05, 4.69) is 10.1 Å². The molecule has 0 spiro atoms. The Kier molecular flexibility index (Phi) is 3.85. The Bertz CT molecular complexity index is 751. The van der Waals surface area contributed by atoms with Gasteiger partial charge < -0.3 is 10.0 Å². The van der Waals surface area contributed by atoms with Gasteiger partial charge >= 0.3 is 5.97 Å². The summed E-state index contributed by atoms with van der Waals surface area (Å²) < 4.78 is 1.72. The van der Waals surface area contributed by atoms with Crippen LogP contribution in [0.2, 0.25) is 0 Å². The molecule has 0 saturated carbocycles. The van der Waals surface area contributed by atoms with Crippen LogP contribution in [0.25, 0.3) is 5.69 Å². The van der Waals surface area contributed by atoms with Crippen molar-refractivity contribution >= 4 is 11.9 Å². The lowest BCUT2D eigenvalue weighted by molar-refractivity contribution is -0.141. The Morgan fingerprint density at radius 1 is 1.22 bits per heavy atom. The first kappa shape index (κ1) is 15.2. The van der Waals surface area contributed by atoms with Gasteiger partial charge in [0.1, 0.15) is 11.6 Å². The van der Waals surface area contributed by atoms with E-state index in [-0.39, 0.29) is 12.5 Å². The SMILES string of the molecule is Cc1nc(C)n(-c2ccc(C(=O)N3CC[C@@H](C(=O)O)C3)cc2)n1. The third-order valence-electron chi connectivity index (χ3n) is 4.06. The highest BCUT2D eigenvalue weighted by atomic mass is 16.4. The van der Waals surface area contributed by atoms with E-state index in [1.807, 2.05) is 26.0 Å². The summed E-state index contributed by atoms with van der Waals surface area (Å²) >= 11 is 0. The molecule has 3 rings (SSSR count). The minimum absolute atomic E-state index is 0.133. The molecule has 0 bridgehead atoms. The summed E-state index contributed by atoms with van der Waals surface area (Å²) in [6, 6.07) is 7.11. The molecule has 7 nitrogen and oxygen atoms in total. The summed E-state index contributed by atoms with van der Waals surface area (Å²) in [6.45, 7) is 4.46. The second-order valence-electron chi connectivity index (χ2n) is 5.74. The first-order valence-corrected chi connectivity index (χ1v) is 7.48. The Labute approximate surface area is 133 Å². The molecule has 1 amide bonds. The molecule has 1 N–H and O–H groups in total. The lowest BCUT2D eigenvalue weighted by Gasteiger charge is -2.16. The van der Waals surface area contributed by atoms with Gasteiger partial charge in [-0.25, -0.2) is 9.67 Å². The van der Waals surface area contributed by atoms with E-state index in [0.717, 1.165) is 11.5 Å². The number of nitrogens with zero attached hydrogens (tertiary/aromatic N) is 4. The van der Waals surface area contributed by atoms with Crippen molar-refractivity contribution in [3.63, 3.8) is 0 Å². The van der Waals surface area contributed by atoms with Crippen LogP contribution >= 0.6 is 0 Å². The second kappa shape index (κ2) is 5.83. The predicted octanol–water partition coefficient (Wildman–Crippen LogP) is 1.43. The molecule has 0 aliphatic carbocycles. The Morgan fingerprint density at radius 3 is 2.43 bits per heavy atom.